The van der Waals surface area contributed by atoms with Gasteiger partial charge in [0.15, 0.2) is 9.84 Å². The van der Waals surface area contributed by atoms with Crippen molar-refractivity contribution in [1.82, 2.24) is 9.80 Å². The topological polar surface area (TPSA) is 70.8 Å². The van der Waals surface area contributed by atoms with Crippen molar-refractivity contribution in [3.63, 3.8) is 0 Å². The number of sulfone groups is 1. The number of furan rings is 1. The average molecular weight is 397 g/mol. The van der Waals surface area contributed by atoms with Gasteiger partial charge in [-0.3, -0.25) is 9.69 Å². The van der Waals surface area contributed by atoms with E-state index in [0.29, 0.717) is 18.7 Å². The highest BCUT2D eigenvalue weighted by Crippen LogP contribution is 2.25. The summed E-state index contributed by atoms with van der Waals surface area (Å²) in [7, 11) is -1.15. The van der Waals surface area contributed by atoms with Crippen molar-refractivity contribution in [2.24, 2.45) is 0 Å². The number of carbonyl (C=O) groups is 1. The predicted octanol–water partition coefficient (Wildman–Crippen LogP) is 2.55. The van der Waals surface area contributed by atoms with Gasteiger partial charge in [0.1, 0.15) is 5.76 Å². The van der Waals surface area contributed by atoms with Crippen LogP contribution in [0.25, 0.3) is 0 Å². The number of hydrogen-bond donors (Lipinski definition) is 0. The molecule has 0 aromatic carbocycles. The van der Waals surface area contributed by atoms with Crippen molar-refractivity contribution >= 4 is 27.1 Å². The van der Waals surface area contributed by atoms with Crippen molar-refractivity contribution in [3.05, 3.63) is 46.5 Å². The van der Waals surface area contributed by atoms with Crippen LogP contribution >= 0.6 is 11.3 Å². The summed E-state index contributed by atoms with van der Waals surface area (Å²) in [4.78, 5) is 17.9. The van der Waals surface area contributed by atoms with Gasteiger partial charge in [-0.15, -0.1) is 11.3 Å². The minimum Gasteiger partial charge on any atom is -0.467 e. The van der Waals surface area contributed by atoms with Crippen LogP contribution in [0.15, 0.2) is 40.3 Å². The zero-order valence-corrected chi connectivity index (χ0v) is 16.6. The number of hydrogen-bond acceptors (Lipinski definition) is 6. The fraction of sp³-hybridized carbons (Fsp3) is 0.500. The second-order valence-corrected chi connectivity index (χ2v) is 9.97. The number of likely N-dealkylation sites (N-methyl/N-ethyl adjacent to an activating group) is 1. The van der Waals surface area contributed by atoms with E-state index in [2.05, 4.69) is 13.0 Å². The van der Waals surface area contributed by atoms with Crippen molar-refractivity contribution in [2.45, 2.75) is 32.0 Å². The molecule has 1 saturated heterocycles. The molecule has 1 amide bonds. The van der Waals surface area contributed by atoms with E-state index in [9.17, 15) is 13.2 Å². The van der Waals surface area contributed by atoms with E-state index in [1.165, 1.54) is 4.88 Å². The molecule has 0 N–H and O–H groups in total. The lowest BCUT2D eigenvalue weighted by atomic mass is 10.2. The summed E-state index contributed by atoms with van der Waals surface area (Å²) in [5.74, 6) is 0.760. The second kappa shape index (κ2) is 7.94. The molecule has 2 aromatic heterocycles. The first-order valence-corrected chi connectivity index (χ1v) is 11.3. The largest absolute Gasteiger partial charge is 0.467 e. The summed E-state index contributed by atoms with van der Waals surface area (Å²) < 4.78 is 29.2. The molecule has 0 bridgehead atoms. The van der Waals surface area contributed by atoms with E-state index in [-0.39, 0.29) is 36.0 Å². The highest BCUT2D eigenvalue weighted by Gasteiger charge is 2.35. The van der Waals surface area contributed by atoms with Crippen LogP contribution in [0.2, 0.25) is 0 Å². The van der Waals surface area contributed by atoms with Gasteiger partial charge in [-0.05, 0) is 44.0 Å². The SMILES string of the molecule is CC(c1cccs1)N(C)CC(=O)N(Cc1ccco1)C1CCS(=O)(=O)C1. The van der Waals surface area contributed by atoms with Gasteiger partial charge in [-0.1, -0.05) is 6.07 Å². The molecule has 1 aliphatic heterocycles. The summed E-state index contributed by atoms with van der Waals surface area (Å²) >= 11 is 1.66. The minimum atomic E-state index is -3.07. The van der Waals surface area contributed by atoms with E-state index in [1.807, 2.05) is 29.5 Å². The number of nitrogens with zero attached hydrogens (tertiary/aromatic N) is 2. The Morgan fingerprint density at radius 1 is 1.38 bits per heavy atom. The van der Waals surface area contributed by atoms with Crippen molar-refractivity contribution in [3.8, 4) is 0 Å². The first-order valence-electron chi connectivity index (χ1n) is 8.61. The van der Waals surface area contributed by atoms with Gasteiger partial charge in [-0.2, -0.15) is 0 Å². The standard InChI is InChI=1S/C18H24N2O4S2/c1-14(17-6-4-9-25-17)19(2)12-18(21)20(11-16-5-3-8-24-16)15-7-10-26(22,23)13-15/h3-6,8-9,14-15H,7,10-13H2,1-2H3. The highest BCUT2D eigenvalue weighted by molar-refractivity contribution is 7.91. The predicted molar refractivity (Wildman–Crippen MR) is 102 cm³/mol. The maximum absolute atomic E-state index is 13.0. The molecule has 0 spiro atoms. The van der Waals surface area contributed by atoms with Gasteiger partial charge in [0.05, 0.1) is 30.9 Å². The van der Waals surface area contributed by atoms with Crippen LogP contribution in [-0.4, -0.2) is 55.3 Å². The van der Waals surface area contributed by atoms with E-state index < -0.39 is 9.84 Å². The van der Waals surface area contributed by atoms with Crippen molar-refractivity contribution < 1.29 is 17.6 Å². The smallest absolute Gasteiger partial charge is 0.237 e. The van der Waals surface area contributed by atoms with Crippen LogP contribution < -0.4 is 0 Å². The molecule has 1 aliphatic rings. The van der Waals surface area contributed by atoms with E-state index >= 15 is 0 Å². The Bertz CT molecular complexity index is 816. The molecule has 26 heavy (non-hydrogen) atoms. The van der Waals surface area contributed by atoms with Crippen LogP contribution in [-0.2, 0) is 21.2 Å². The number of thiophene rings is 1. The lowest BCUT2D eigenvalue weighted by Crippen LogP contribution is -2.45. The summed E-state index contributed by atoms with van der Waals surface area (Å²) in [6.07, 6.45) is 2.05. The molecular weight excluding hydrogens is 372 g/mol. The first-order chi connectivity index (χ1) is 12.4. The summed E-state index contributed by atoms with van der Waals surface area (Å²) in [6, 6.07) is 7.47. The molecule has 1 fully saturated rings. The Hall–Kier alpha value is -1.64. The third-order valence-electron chi connectivity index (χ3n) is 4.88. The van der Waals surface area contributed by atoms with E-state index in [4.69, 9.17) is 4.42 Å². The van der Waals surface area contributed by atoms with Gasteiger partial charge in [0, 0.05) is 17.0 Å². The number of rotatable bonds is 7. The summed E-state index contributed by atoms with van der Waals surface area (Å²) in [5, 5.41) is 2.02. The third kappa shape index (κ3) is 4.55. The number of amides is 1. The number of carbonyl (C=O) groups excluding carboxylic acids is 1. The van der Waals surface area contributed by atoms with Crippen LogP contribution in [0.4, 0.5) is 0 Å². The normalized spacial score (nSPS) is 20.3. The molecule has 8 heteroatoms. The average Bonchev–Trinajstić information content (AvgIpc) is 3.33. The van der Waals surface area contributed by atoms with Gasteiger partial charge in [0.2, 0.25) is 5.91 Å². The van der Waals surface area contributed by atoms with Gasteiger partial charge in [-0.25, -0.2) is 8.42 Å². The second-order valence-electron chi connectivity index (χ2n) is 6.76. The maximum Gasteiger partial charge on any atom is 0.237 e. The Labute approximate surface area is 158 Å². The van der Waals surface area contributed by atoms with Crippen molar-refractivity contribution in [1.29, 1.82) is 0 Å². The zero-order chi connectivity index (χ0) is 18.7. The fourth-order valence-electron chi connectivity index (χ4n) is 3.20. The Morgan fingerprint density at radius 2 is 2.19 bits per heavy atom. The molecular formula is C18H24N2O4S2. The summed E-state index contributed by atoms with van der Waals surface area (Å²) in [6.45, 7) is 2.60. The van der Waals surface area contributed by atoms with Crippen LogP contribution in [0.3, 0.4) is 0 Å². The van der Waals surface area contributed by atoms with Crippen LogP contribution in [0.5, 0.6) is 0 Å². The Balaban J connectivity index is 1.72. The Kier molecular flexibility index (Phi) is 5.84. The molecule has 0 aliphatic carbocycles. The maximum atomic E-state index is 13.0. The Morgan fingerprint density at radius 3 is 2.77 bits per heavy atom. The van der Waals surface area contributed by atoms with E-state index in [1.54, 1.807) is 28.6 Å². The van der Waals surface area contributed by atoms with Gasteiger partial charge < -0.3 is 9.32 Å². The first kappa shape index (κ1) is 19.1. The lowest BCUT2D eigenvalue weighted by Gasteiger charge is -2.31. The molecule has 0 saturated carbocycles. The molecule has 2 atom stereocenters. The lowest BCUT2D eigenvalue weighted by molar-refractivity contribution is -0.135. The highest BCUT2D eigenvalue weighted by atomic mass is 32.2. The monoisotopic (exact) mass is 396 g/mol. The molecule has 2 aromatic rings. The van der Waals surface area contributed by atoms with Crippen molar-refractivity contribution in [2.75, 3.05) is 25.1 Å². The van der Waals surface area contributed by atoms with E-state index in [0.717, 1.165) is 0 Å². The third-order valence-corrected chi connectivity index (χ3v) is 7.67. The molecule has 142 valence electrons. The minimum absolute atomic E-state index is 0.0314. The van der Waals surface area contributed by atoms with Crippen LogP contribution in [0, 0.1) is 0 Å². The summed E-state index contributed by atoms with van der Waals surface area (Å²) in [5.41, 5.74) is 0. The van der Waals surface area contributed by atoms with Gasteiger partial charge >= 0.3 is 0 Å². The molecule has 3 heterocycles. The fourth-order valence-corrected chi connectivity index (χ4v) is 5.78. The molecule has 0 radical (unpaired) electrons. The molecule has 3 rings (SSSR count). The molecule has 2 unspecified atom stereocenters. The zero-order valence-electron chi connectivity index (χ0n) is 15.0. The quantitative estimate of drug-likeness (QED) is 0.719. The van der Waals surface area contributed by atoms with Gasteiger partial charge in [0.25, 0.3) is 0 Å². The van der Waals surface area contributed by atoms with Crippen LogP contribution in [0.1, 0.15) is 30.0 Å². The molecule has 6 nitrogen and oxygen atoms in total.